The number of hydrogen-bond donors (Lipinski definition) is 0. The molecule has 74 valence electrons. The van der Waals surface area contributed by atoms with E-state index in [9.17, 15) is 0 Å². The molecule has 0 amide bonds. The van der Waals surface area contributed by atoms with E-state index in [-0.39, 0.29) is 5.38 Å². The van der Waals surface area contributed by atoms with Gasteiger partial charge in [-0.05, 0) is 29.1 Å². The molecule has 1 nitrogen and oxygen atoms in total. The Morgan fingerprint density at radius 1 is 1.43 bits per heavy atom. The van der Waals surface area contributed by atoms with Crippen LogP contribution in [0.25, 0.3) is 0 Å². The van der Waals surface area contributed by atoms with Crippen molar-refractivity contribution < 1.29 is 4.42 Å². The summed E-state index contributed by atoms with van der Waals surface area (Å²) in [6.45, 7) is 0. The Bertz CT molecular complexity index is 394. The van der Waals surface area contributed by atoms with Gasteiger partial charge in [0, 0.05) is 16.9 Å². The second-order valence-corrected chi connectivity index (χ2v) is 4.80. The molecule has 2 heterocycles. The molecule has 0 aliphatic rings. The molecular weight excluding hydrogens is 239 g/mol. The van der Waals surface area contributed by atoms with Crippen molar-refractivity contribution in [2.45, 2.75) is 11.8 Å². The number of rotatable bonds is 3. The minimum atomic E-state index is -0.111. The van der Waals surface area contributed by atoms with Crippen molar-refractivity contribution in [1.82, 2.24) is 0 Å². The van der Waals surface area contributed by atoms with E-state index >= 15 is 0 Å². The molecule has 2 aromatic heterocycles. The molecule has 0 fully saturated rings. The lowest BCUT2D eigenvalue weighted by Crippen LogP contribution is -1.92. The predicted molar refractivity (Wildman–Crippen MR) is 60.3 cm³/mol. The van der Waals surface area contributed by atoms with E-state index in [2.05, 4.69) is 6.07 Å². The fourth-order valence-electron chi connectivity index (χ4n) is 1.24. The molecule has 0 N–H and O–H groups in total. The third kappa shape index (κ3) is 2.14. The highest BCUT2D eigenvalue weighted by Crippen LogP contribution is 2.32. The summed E-state index contributed by atoms with van der Waals surface area (Å²) in [6, 6.07) is 5.89. The smallest absolute Gasteiger partial charge is 0.197 e. The summed E-state index contributed by atoms with van der Waals surface area (Å²) in [5.74, 6) is 0. The van der Waals surface area contributed by atoms with Crippen molar-refractivity contribution in [3.8, 4) is 0 Å². The van der Waals surface area contributed by atoms with E-state index in [4.69, 9.17) is 27.6 Å². The minimum absolute atomic E-state index is 0.111. The Hall–Kier alpha value is -0.440. The van der Waals surface area contributed by atoms with Crippen molar-refractivity contribution in [2.24, 2.45) is 0 Å². The maximum Gasteiger partial charge on any atom is 0.197 e. The van der Waals surface area contributed by atoms with Crippen LogP contribution in [0.5, 0.6) is 0 Å². The van der Waals surface area contributed by atoms with Gasteiger partial charge in [0.25, 0.3) is 0 Å². The van der Waals surface area contributed by atoms with Crippen molar-refractivity contribution in [1.29, 1.82) is 0 Å². The second-order valence-electron chi connectivity index (χ2n) is 2.90. The fraction of sp³-hybridized carbons (Fsp3) is 0.200. The van der Waals surface area contributed by atoms with Crippen LogP contribution in [0, 0.1) is 0 Å². The Labute approximate surface area is 96.3 Å². The summed E-state index contributed by atoms with van der Waals surface area (Å²) < 4.78 is 4.99. The van der Waals surface area contributed by atoms with E-state index in [0.29, 0.717) is 5.22 Å². The lowest BCUT2D eigenvalue weighted by Gasteiger charge is -2.05. The first-order valence-electron chi connectivity index (χ1n) is 4.16. The van der Waals surface area contributed by atoms with Crippen LogP contribution in [0.1, 0.15) is 15.8 Å². The Kier molecular flexibility index (Phi) is 3.16. The topological polar surface area (TPSA) is 13.1 Å². The predicted octanol–water partition coefficient (Wildman–Crippen LogP) is 4.52. The number of thiophene rings is 1. The lowest BCUT2D eigenvalue weighted by molar-refractivity contribution is 0.565. The van der Waals surface area contributed by atoms with Gasteiger partial charge in [0.1, 0.15) is 0 Å². The quantitative estimate of drug-likeness (QED) is 0.727. The number of halogens is 2. The summed E-state index contributed by atoms with van der Waals surface area (Å²) in [4.78, 5) is 1.25. The summed E-state index contributed by atoms with van der Waals surface area (Å²) in [5, 5.41) is 2.32. The number of hydrogen-bond acceptors (Lipinski definition) is 2. The standard InChI is InChI=1S/C10H8Cl2OS/c11-9(6-7-2-1-5-14-7)8-3-4-13-10(8)12/h1-5,9H,6H2. The Morgan fingerprint density at radius 2 is 2.29 bits per heavy atom. The van der Waals surface area contributed by atoms with Gasteiger partial charge >= 0.3 is 0 Å². The zero-order valence-corrected chi connectivity index (χ0v) is 9.57. The molecule has 14 heavy (non-hydrogen) atoms. The highest BCUT2D eigenvalue weighted by atomic mass is 35.5. The van der Waals surface area contributed by atoms with Crippen LogP contribution >= 0.6 is 34.5 Å². The zero-order chi connectivity index (χ0) is 9.97. The van der Waals surface area contributed by atoms with E-state index in [1.165, 1.54) is 4.88 Å². The second kappa shape index (κ2) is 4.39. The number of alkyl halides is 1. The largest absolute Gasteiger partial charge is 0.453 e. The first-order chi connectivity index (χ1) is 6.77. The molecule has 2 aromatic rings. The zero-order valence-electron chi connectivity index (χ0n) is 7.24. The van der Waals surface area contributed by atoms with Gasteiger partial charge in [0.15, 0.2) is 5.22 Å². The molecule has 1 unspecified atom stereocenters. The van der Waals surface area contributed by atoms with Crippen molar-refractivity contribution in [3.63, 3.8) is 0 Å². The molecule has 1 atom stereocenters. The molecule has 0 aromatic carbocycles. The molecule has 0 bridgehead atoms. The highest BCUT2D eigenvalue weighted by Gasteiger charge is 2.15. The lowest BCUT2D eigenvalue weighted by atomic mass is 10.1. The van der Waals surface area contributed by atoms with E-state index < -0.39 is 0 Å². The van der Waals surface area contributed by atoms with Gasteiger partial charge in [0.05, 0.1) is 11.6 Å². The van der Waals surface area contributed by atoms with Crippen LogP contribution in [0.4, 0.5) is 0 Å². The van der Waals surface area contributed by atoms with Crippen LogP contribution in [-0.4, -0.2) is 0 Å². The SMILES string of the molecule is Clc1occc1C(Cl)Cc1cccs1. The molecule has 0 aliphatic heterocycles. The Morgan fingerprint density at radius 3 is 2.86 bits per heavy atom. The maximum absolute atomic E-state index is 6.21. The third-order valence-corrected chi connectivity index (χ3v) is 3.54. The first kappa shape index (κ1) is 10.1. The van der Waals surface area contributed by atoms with Crippen molar-refractivity contribution in [2.75, 3.05) is 0 Å². The summed E-state index contributed by atoms with van der Waals surface area (Å²) in [7, 11) is 0. The van der Waals surface area contributed by atoms with Crippen LogP contribution in [0.3, 0.4) is 0 Å². The van der Waals surface area contributed by atoms with Crippen molar-refractivity contribution in [3.05, 3.63) is 45.5 Å². The van der Waals surface area contributed by atoms with E-state index in [1.54, 1.807) is 17.6 Å². The summed E-state index contributed by atoms with van der Waals surface area (Å²) >= 11 is 13.7. The van der Waals surface area contributed by atoms with E-state index in [0.717, 1.165) is 12.0 Å². The molecule has 0 aliphatic carbocycles. The molecule has 0 saturated carbocycles. The summed E-state index contributed by atoms with van der Waals surface area (Å²) in [5.41, 5.74) is 0.863. The van der Waals surface area contributed by atoms with Gasteiger partial charge in [-0.25, -0.2) is 0 Å². The van der Waals surface area contributed by atoms with Gasteiger partial charge in [0.2, 0.25) is 0 Å². The molecule has 0 spiro atoms. The van der Waals surface area contributed by atoms with E-state index in [1.807, 2.05) is 17.5 Å². The number of furan rings is 1. The third-order valence-electron chi connectivity index (χ3n) is 1.94. The van der Waals surface area contributed by atoms with Gasteiger partial charge in [-0.2, -0.15) is 0 Å². The summed E-state index contributed by atoms with van der Waals surface area (Å²) in [6.07, 6.45) is 2.35. The Balaban J connectivity index is 2.10. The highest BCUT2D eigenvalue weighted by molar-refractivity contribution is 7.09. The molecule has 0 saturated heterocycles. The van der Waals surface area contributed by atoms with Gasteiger partial charge in [-0.3, -0.25) is 0 Å². The average Bonchev–Trinajstić information content (AvgIpc) is 2.75. The normalized spacial score (nSPS) is 13.0. The molecular formula is C10H8Cl2OS. The van der Waals surface area contributed by atoms with Gasteiger partial charge in [-0.15, -0.1) is 22.9 Å². The average molecular weight is 247 g/mol. The monoisotopic (exact) mass is 246 g/mol. The van der Waals surface area contributed by atoms with Crippen LogP contribution < -0.4 is 0 Å². The van der Waals surface area contributed by atoms with Gasteiger partial charge in [-0.1, -0.05) is 6.07 Å². The fourth-order valence-corrected chi connectivity index (χ4v) is 2.73. The van der Waals surface area contributed by atoms with Crippen LogP contribution in [-0.2, 0) is 6.42 Å². The van der Waals surface area contributed by atoms with Crippen molar-refractivity contribution >= 4 is 34.5 Å². The maximum atomic E-state index is 6.21. The van der Waals surface area contributed by atoms with Crippen LogP contribution in [0.15, 0.2) is 34.3 Å². The first-order valence-corrected chi connectivity index (χ1v) is 5.86. The molecule has 2 rings (SSSR count). The minimum Gasteiger partial charge on any atom is -0.453 e. The molecule has 0 radical (unpaired) electrons. The molecule has 4 heteroatoms. The van der Waals surface area contributed by atoms with Gasteiger partial charge < -0.3 is 4.42 Å². The van der Waals surface area contributed by atoms with Crippen LogP contribution in [0.2, 0.25) is 5.22 Å².